The molecular weight excluding hydrogens is 775 g/mol. The molecule has 0 bridgehead atoms. The molecule has 49 heavy (non-hydrogen) atoms. The summed E-state index contributed by atoms with van der Waals surface area (Å²) in [7, 11) is 0. The van der Waals surface area contributed by atoms with Crippen molar-refractivity contribution in [1.82, 2.24) is 15.0 Å². The first kappa shape index (κ1) is 29.3. The summed E-state index contributed by atoms with van der Waals surface area (Å²) in [6.07, 6.45) is 0. The molecule has 4 heteroatoms. The molecule has 3 aromatic heterocycles. The molecule has 9 rings (SSSR count). The van der Waals surface area contributed by atoms with Crippen LogP contribution >= 0.6 is 0 Å². The van der Waals surface area contributed by atoms with E-state index in [0.717, 1.165) is 62.6 Å². The van der Waals surface area contributed by atoms with Crippen LogP contribution in [0.25, 0.3) is 66.1 Å². The molecule has 0 radical (unpaired) electrons. The second-order valence-corrected chi connectivity index (χ2v) is 17.0. The molecule has 0 atom stereocenters. The number of aromatic nitrogens is 3. The van der Waals surface area contributed by atoms with Crippen LogP contribution in [0, 0.1) is 0 Å². The molecule has 0 aliphatic carbocycles. The molecule has 0 saturated heterocycles. The summed E-state index contributed by atoms with van der Waals surface area (Å²) in [4.78, 5) is 16.9. The van der Waals surface area contributed by atoms with Crippen molar-refractivity contribution in [2.24, 2.45) is 0 Å². The Kier molecular flexibility index (Phi) is 7.59. The fourth-order valence-corrected chi connectivity index (χ4v) is 13.1. The van der Waals surface area contributed by atoms with Crippen LogP contribution in [0.4, 0.5) is 0 Å². The van der Waals surface area contributed by atoms with E-state index in [9.17, 15) is 0 Å². The first-order valence-electron chi connectivity index (χ1n) is 16.3. The summed E-state index contributed by atoms with van der Waals surface area (Å²) in [5.41, 5.74) is 6.18. The van der Waals surface area contributed by atoms with E-state index in [4.69, 9.17) is 15.0 Å². The van der Waals surface area contributed by atoms with Crippen molar-refractivity contribution < 1.29 is 16.5 Å². The van der Waals surface area contributed by atoms with Gasteiger partial charge < -0.3 is 0 Å². The quantitative estimate of drug-likeness (QED) is 0.168. The second kappa shape index (κ2) is 12.7. The van der Waals surface area contributed by atoms with Crippen LogP contribution in [0.5, 0.6) is 0 Å². The molecule has 0 saturated carbocycles. The van der Waals surface area contributed by atoms with Gasteiger partial charge in [0.2, 0.25) is 0 Å². The summed E-state index contributed by atoms with van der Waals surface area (Å²) >= 11 is -2.98. The van der Waals surface area contributed by atoms with Crippen LogP contribution in [-0.2, 0) is 16.5 Å². The molecule has 0 spiro atoms. The van der Waals surface area contributed by atoms with Crippen LogP contribution in [0.15, 0.2) is 182 Å². The van der Waals surface area contributed by atoms with Gasteiger partial charge in [0.25, 0.3) is 0 Å². The van der Waals surface area contributed by atoms with E-state index in [2.05, 4.69) is 182 Å². The van der Waals surface area contributed by atoms with Gasteiger partial charge in [0.05, 0.1) is 0 Å². The molecule has 3 heterocycles. The third kappa shape index (κ3) is 5.51. The Morgan fingerprint density at radius 2 is 0.551 bits per heavy atom. The van der Waals surface area contributed by atoms with Gasteiger partial charge in [-0.3, -0.25) is 0 Å². The summed E-state index contributed by atoms with van der Waals surface area (Å²) in [6.45, 7) is 0. The molecule has 234 valence electrons. The van der Waals surface area contributed by atoms with Gasteiger partial charge in [-0.15, -0.1) is 0 Å². The first-order valence-corrected chi connectivity index (χ1v) is 19.9. The number of benzene rings is 6. The van der Waals surface area contributed by atoms with Crippen molar-refractivity contribution in [2.75, 3.05) is 0 Å². The van der Waals surface area contributed by atoms with Gasteiger partial charge >= 0.3 is 292 Å². The molecule has 3 nitrogen and oxygen atoms in total. The maximum absolute atomic E-state index is 5.64. The van der Waals surface area contributed by atoms with E-state index in [1.54, 1.807) is 0 Å². The molecule has 6 aromatic carbocycles. The number of hydrogen-bond donors (Lipinski definition) is 0. The van der Waals surface area contributed by atoms with E-state index in [1.165, 1.54) is 16.2 Å². The van der Waals surface area contributed by atoms with Gasteiger partial charge in [0.15, 0.2) is 0 Å². The van der Waals surface area contributed by atoms with E-state index in [-0.39, 0.29) is 0 Å². The number of fused-ring (bicyclic) bond motifs is 3. The minimum atomic E-state index is -2.98. The van der Waals surface area contributed by atoms with Gasteiger partial charge in [-0.1, -0.05) is 0 Å². The standard InChI is InChI=1S/3C15H10N.Ir/c3*1-2-6-12(7-3-1)15-10-13-8-4-5-9-14(13)11-16-15;/h3*1-10H;. The fourth-order valence-electron chi connectivity index (χ4n) is 6.30. The first-order chi connectivity index (χ1) is 24.3. The topological polar surface area (TPSA) is 38.7 Å². The van der Waals surface area contributed by atoms with E-state index in [1.807, 2.05) is 0 Å². The summed E-state index contributed by atoms with van der Waals surface area (Å²) in [5.74, 6) is 0. The molecular formula is C45H30IrN3. The van der Waals surface area contributed by atoms with Crippen molar-refractivity contribution in [3.8, 4) is 33.8 Å². The van der Waals surface area contributed by atoms with Gasteiger partial charge in [-0.25, -0.2) is 0 Å². The Morgan fingerprint density at radius 1 is 0.286 bits per heavy atom. The average Bonchev–Trinajstić information content (AvgIpc) is 3.18. The third-order valence-electron chi connectivity index (χ3n) is 8.71. The van der Waals surface area contributed by atoms with Crippen LogP contribution in [0.3, 0.4) is 0 Å². The van der Waals surface area contributed by atoms with Gasteiger partial charge in [-0.05, 0) is 0 Å². The van der Waals surface area contributed by atoms with E-state index < -0.39 is 16.5 Å². The molecule has 9 aromatic rings. The second-order valence-electron chi connectivity index (χ2n) is 11.8. The molecule has 0 aliphatic rings. The number of hydrogen-bond acceptors (Lipinski definition) is 3. The molecule has 0 amide bonds. The van der Waals surface area contributed by atoms with Crippen molar-refractivity contribution in [3.05, 3.63) is 182 Å². The normalized spacial score (nSPS) is 11.6. The minimum absolute atomic E-state index is 0.964. The Hall–Kier alpha value is -5.80. The monoisotopic (exact) mass is 805 g/mol. The van der Waals surface area contributed by atoms with E-state index >= 15 is 0 Å². The SMILES string of the molecule is c1ccc(-c2cc3ccccc3[c]([Ir]([c]3nc(-c4ccccc4)cc4ccccc34)[c]3nc(-c4ccccc4)cc4ccccc34)n2)cc1. The predicted octanol–water partition coefficient (Wildman–Crippen LogP) is 9.23. The molecule has 0 unspecified atom stereocenters. The van der Waals surface area contributed by atoms with Crippen LogP contribution in [0.2, 0.25) is 0 Å². The third-order valence-corrected chi connectivity index (χ3v) is 14.9. The van der Waals surface area contributed by atoms with E-state index in [0.29, 0.717) is 0 Å². The Bertz CT molecular complexity index is 2310. The Balaban J connectivity index is 1.44. The van der Waals surface area contributed by atoms with Gasteiger partial charge in [0.1, 0.15) is 0 Å². The average molecular weight is 805 g/mol. The van der Waals surface area contributed by atoms with Crippen LogP contribution in [-0.4, -0.2) is 15.0 Å². The summed E-state index contributed by atoms with van der Waals surface area (Å²) in [5, 5.41) is 6.98. The zero-order valence-corrected chi connectivity index (χ0v) is 28.9. The van der Waals surface area contributed by atoms with Gasteiger partial charge in [-0.2, -0.15) is 0 Å². The van der Waals surface area contributed by atoms with Crippen LogP contribution in [0.1, 0.15) is 0 Å². The Labute approximate surface area is 290 Å². The zero-order chi connectivity index (χ0) is 32.6. The van der Waals surface area contributed by atoms with Crippen molar-refractivity contribution in [2.45, 2.75) is 0 Å². The van der Waals surface area contributed by atoms with Crippen molar-refractivity contribution in [3.63, 3.8) is 0 Å². The van der Waals surface area contributed by atoms with Gasteiger partial charge in [0, 0.05) is 0 Å². The maximum atomic E-state index is 5.64. The fraction of sp³-hybridized carbons (Fsp3) is 0. The van der Waals surface area contributed by atoms with Crippen molar-refractivity contribution in [1.29, 1.82) is 0 Å². The Morgan fingerprint density at radius 3 is 0.857 bits per heavy atom. The number of rotatable bonds is 6. The predicted molar refractivity (Wildman–Crippen MR) is 200 cm³/mol. The molecule has 0 aliphatic heterocycles. The van der Waals surface area contributed by atoms with Crippen molar-refractivity contribution >= 4 is 44.9 Å². The summed E-state index contributed by atoms with van der Waals surface area (Å²) in [6, 6.07) is 64.3. The number of nitrogens with zero attached hydrogens (tertiary/aromatic N) is 3. The molecule has 0 N–H and O–H groups in total. The van der Waals surface area contributed by atoms with Crippen LogP contribution < -0.4 is 12.6 Å². The summed E-state index contributed by atoms with van der Waals surface area (Å²) < 4.78 is 3.30. The zero-order valence-electron chi connectivity index (χ0n) is 26.5. The molecule has 0 fully saturated rings. The number of pyridine rings is 3.